The van der Waals surface area contributed by atoms with E-state index in [0.29, 0.717) is 6.42 Å². The maximum absolute atomic E-state index is 12.9. The fourth-order valence-corrected chi connectivity index (χ4v) is 2.45. The highest BCUT2D eigenvalue weighted by molar-refractivity contribution is 6.08. The van der Waals surface area contributed by atoms with Gasteiger partial charge in [-0.2, -0.15) is 5.26 Å². The second-order valence-corrected chi connectivity index (χ2v) is 5.26. The highest BCUT2D eigenvalue weighted by Crippen LogP contribution is 2.38. The predicted molar refractivity (Wildman–Crippen MR) is 69.9 cm³/mol. The lowest BCUT2D eigenvalue weighted by Crippen LogP contribution is -2.40. The molecule has 0 radical (unpaired) electrons. The number of carbonyl (C=O) groups excluding carboxylic acids is 2. The van der Waals surface area contributed by atoms with E-state index in [0.717, 1.165) is 4.90 Å². The SMILES string of the molecule is CC(C)[C@]1(C#N)CCN(C(=O)c2ccc(F)cc2)C1=O. The number of rotatable bonds is 2. The van der Waals surface area contributed by atoms with E-state index in [1.54, 1.807) is 13.8 Å². The number of hydrogen-bond donors (Lipinski definition) is 0. The molecule has 1 heterocycles. The van der Waals surface area contributed by atoms with Crippen LogP contribution in [0.5, 0.6) is 0 Å². The summed E-state index contributed by atoms with van der Waals surface area (Å²) in [6.07, 6.45) is 0.340. The average Bonchev–Trinajstić information content (AvgIpc) is 2.77. The van der Waals surface area contributed by atoms with Crippen molar-refractivity contribution in [2.24, 2.45) is 11.3 Å². The first kappa shape index (κ1) is 14.2. The van der Waals surface area contributed by atoms with E-state index in [1.807, 2.05) is 0 Å². The van der Waals surface area contributed by atoms with E-state index in [1.165, 1.54) is 24.3 Å². The van der Waals surface area contributed by atoms with Crippen molar-refractivity contribution in [2.45, 2.75) is 20.3 Å². The summed E-state index contributed by atoms with van der Waals surface area (Å²) in [5.41, 5.74) is -0.882. The van der Waals surface area contributed by atoms with Crippen molar-refractivity contribution in [1.82, 2.24) is 4.90 Å². The Balaban J connectivity index is 2.28. The van der Waals surface area contributed by atoms with Crippen LogP contribution in [0.25, 0.3) is 0 Å². The molecule has 0 unspecified atom stereocenters. The minimum atomic E-state index is -1.13. The number of nitriles is 1. The van der Waals surface area contributed by atoms with Crippen molar-refractivity contribution in [2.75, 3.05) is 6.54 Å². The van der Waals surface area contributed by atoms with Gasteiger partial charge in [0.15, 0.2) is 0 Å². The van der Waals surface area contributed by atoms with Crippen LogP contribution >= 0.6 is 0 Å². The van der Waals surface area contributed by atoms with Gasteiger partial charge in [0, 0.05) is 12.1 Å². The minimum absolute atomic E-state index is 0.161. The molecule has 1 aromatic carbocycles. The molecule has 1 fully saturated rings. The summed E-state index contributed by atoms with van der Waals surface area (Å²) in [5.74, 6) is -1.54. The van der Waals surface area contributed by atoms with Crippen LogP contribution in [0, 0.1) is 28.5 Å². The van der Waals surface area contributed by atoms with Crippen LogP contribution < -0.4 is 0 Å². The van der Waals surface area contributed by atoms with Crippen molar-refractivity contribution in [3.05, 3.63) is 35.6 Å². The Morgan fingerprint density at radius 3 is 2.45 bits per heavy atom. The number of nitrogens with zero attached hydrogens (tertiary/aromatic N) is 2. The number of carbonyl (C=O) groups is 2. The smallest absolute Gasteiger partial charge is 0.260 e. The van der Waals surface area contributed by atoms with Gasteiger partial charge in [0.05, 0.1) is 6.07 Å². The third-order valence-corrected chi connectivity index (χ3v) is 3.88. The van der Waals surface area contributed by atoms with Crippen molar-refractivity contribution in [1.29, 1.82) is 5.26 Å². The van der Waals surface area contributed by atoms with Gasteiger partial charge in [-0.05, 0) is 36.6 Å². The second-order valence-electron chi connectivity index (χ2n) is 5.26. The highest BCUT2D eigenvalue weighted by atomic mass is 19.1. The molecule has 0 bridgehead atoms. The molecule has 0 aliphatic carbocycles. The summed E-state index contributed by atoms with van der Waals surface area (Å²) in [5, 5.41) is 9.31. The molecule has 1 saturated heterocycles. The van der Waals surface area contributed by atoms with Gasteiger partial charge in [0.2, 0.25) is 5.91 Å². The van der Waals surface area contributed by atoms with E-state index < -0.39 is 23.0 Å². The zero-order valence-corrected chi connectivity index (χ0v) is 11.4. The first-order valence-corrected chi connectivity index (χ1v) is 6.45. The van der Waals surface area contributed by atoms with Crippen LogP contribution in [-0.2, 0) is 4.79 Å². The molecule has 0 saturated carbocycles. The lowest BCUT2D eigenvalue weighted by atomic mass is 9.77. The molecule has 0 spiro atoms. The van der Waals surface area contributed by atoms with Crippen molar-refractivity contribution in [3.63, 3.8) is 0 Å². The number of imide groups is 1. The molecule has 1 aromatic rings. The quantitative estimate of drug-likeness (QED) is 0.778. The van der Waals surface area contributed by atoms with E-state index in [-0.39, 0.29) is 18.0 Å². The molecular weight excluding hydrogens is 259 g/mol. The number of amides is 2. The first-order chi connectivity index (χ1) is 9.42. The standard InChI is InChI=1S/C15H15FN2O2/c1-10(2)15(9-17)7-8-18(14(15)20)13(19)11-3-5-12(16)6-4-11/h3-6,10H,7-8H2,1-2H3/t15-/m1/s1. The van der Waals surface area contributed by atoms with Crippen molar-refractivity contribution in [3.8, 4) is 6.07 Å². The Kier molecular flexibility index (Phi) is 3.58. The summed E-state index contributed by atoms with van der Waals surface area (Å²) in [7, 11) is 0. The third-order valence-electron chi connectivity index (χ3n) is 3.88. The Morgan fingerprint density at radius 2 is 2.00 bits per heavy atom. The molecular formula is C15H15FN2O2. The Morgan fingerprint density at radius 1 is 1.40 bits per heavy atom. The highest BCUT2D eigenvalue weighted by Gasteiger charge is 2.51. The largest absolute Gasteiger partial charge is 0.277 e. The monoisotopic (exact) mass is 274 g/mol. The Labute approximate surface area is 116 Å². The number of likely N-dealkylation sites (tertiary alicyclic amines) is 1. The molecule has 104 valence electrons. The summed E-state index contributed by atoms with van der Waals surface area (Å²) in [4.78, 5) is 25.8. The fraction of sp³-hybridized carbons (Fsp3) is 0.400. The van der Waals surface area contributed by atoms with E-state index in [9.17, 15) is 19.2 Å². The molecule has 0 N–H and O–H groups in total. The molecule has 5 heteroatoms. The maximum atomic E-state index is 12.9. The van der Waals surface area contributed by atoms with E-state index in [4.69, 9.17) is 0 Å². The number of benzene rings is 1. The van der Waals surface area contributed by atoms with Crippen LogP contribution in [0.15, 0.2) is 24.3 Å². The van der Waals surface area contributed by atoms with Crippen LogP contribution in [0.1, 0.15) is 30.6 Å². The van der Waals surface area contributed by atoms with Crippen LogP contribution in [-0.4, -0.2) is 23.3 Å². The van der Waals surface area contributed by atoms with Gasteiger partial charge in [-0.1, -0.05) is 13.8 Å². The summed E-state index contributed by atoms with van der Waals surface area (Å²) in [6.45, 7) is 3.82. The first-order valence-electron chi connectivity index (χ1n) is 6.45. The van der Waals surface area contributed by atoms with Gasteiger partial charge in [0.1, 0.15) is 11.2 Å². The van der Waals surface area contributed by atoms with E-state index in [2.05, 4.69) is 6.07 Å². The number of halogens is 1. The lowest BCUT2D eigenvalue weighted by Gasteiger charge is -2.23. The molecule has 2 amide bonds. The van der Waals surface area contributed by atoms with Crippen molar-refractivity contribution >= 4 is 11.8 Å². The predicted octanol–water partition coefficient (Wildman–Crippen LogP) is 2.36. The number of hydrogen-bond acceptors (Lipinski definition) is 3. The second kappa shape index (κ2) is 5.04. The molecule has 2 rings (SSSR count). The normalized spacial score (nSPS) is 22.1. The average molecular weight is 274 g/mol. The van der Waals surface area contributed by atoms with Crippen LogP contribution in [0.2, 0.25) is 0 Å². The van der Waals surface area contributed by atoms with Gasteiger partial charge in [-0.25, -0.2) is 4.39 Å². The van der Waals surface area contributed by atoms with Gasteiger partial charge in [-0.3, -0.25) is 14.5 Å². The summed E-state index contributed by atoms with van der Waals surface area (Å²) >= 11 is 0. The molecule has 20 heavy (non-hydrogen) atoms. The Bertz CT molecular complexity index is 589. The lowest BCUT2D eigenvalue weighted by molar-refractivity contribution is -0.133. The zero-order chi connectivity index (χ0) is 14.9. The fourth-order valence-electron chi connectivity index (χ4n) is 2.45. The van der Waals surface area contributed by atoms with E-state index >= 15 is 0 Å². The minimum Gasteiger partial charge on any atom is -0.277 e. The topological polar surface area (TPSA) is 61.2 Å². The van der Waals surface area contributed by atoms with Gasteiger partial charge >= 0.3 is 0 Å². The molecule has 0 aromatic heterocycles. The molecule has 1 aliphatic heterocycles. The maximum Gasteiger partial charge on any atom is 0.260 e. The van der Waals surface area contributed by atoms with Gasteiger partial charge in [0.25, 0.3) is 5.91 Å². The molecule has 1 aliphatic rings. The van der Waals surface area contributed by atoms with Crippen LogP contribution in [0.3, 0.4) is 0 Å². The third kappa shape index (κ3) is 2.07. The van der Waals surface area contributed by atoms with Crippen molar-refractivity contribution < 1.29 is 14.0 Å². The van der Waals surface area contributed by atoms with Crippen LogP contribution in [0.4, 0.5) is 4.39 Å². The molecule has 4 nitrogen and oxygen atoms in total. The Hall–Kier alpha value is -2.22. The summed E-state index contributed by atoms with van der Waals surface area (Å²) < 4.78 is 12.9. The van der Waals surface area contributed by atoms with Gasteiger partial charge < -0.3 is 0 Å². The zero-order valence-electron chi connectivity index (χ0n) is 11.4. The van der Waals surface area contributed by atoms with Gasteiger partial charge in [-0.15, -0.1) is 0 Å². The summed E-state index contributed by atoms with van der Waals surface area (Å²) in [6, 6.07) is 7.10. The molecule has 1 atom stereocenters.